The normalized spacial score (nSPS) is 24.6. The van der Waals surface area contributed by atoms with E-state index < -0.39 is 0 Å². The highest BCUT2D eigenvalue weighted by atomic mass is 32.1. The molecule has 0 aliphatic heterocycles. The van der Waals surface area contributed by atoms with Crippen molar-refractivity contribution < 1.29 is 0 Å². The predicted molar refractivity (Wildman–Crippen MR) is 58.0 cm³/mol. The molecule has 1 aromatic rings. The molecule has 2 nitrogen and oxygen atoms in total. The highest BCUT2D eigenvalue weighted by Crippen LogP contribution is 2.36. The third kappa shape index (κ3) is 2.34. The summed E-state index contributed by atoms with van der Waals surface area (Å²) in [6, 6.07) is 4.11. The summed E-state index contributed by atoms with van der Waals surface area (Å²) in [5.41, 5.74) is 0.784. The van der Waals surface area contributed by atoms with Crippen molar-refractivity contribution in [1.29, 1.82) is 5.26 Å². The van der Waals surface area contributed by atoms with Crippen molar-refractivity contribution in [3.8, 4) is 6.07 Å². The molecule has 1 N–H and O–H groups in total. The molecular weight excluding hydrogens is 192 g/mol. The van der Waals surface area contributed by atoms with Gasteiger partial charge >= 0.3 is 0 Å². The molecule has 3 heteroatoms. The van der Waals surface area contributed by atoms with Gasteiger partial charge in [0.15, 0.2) is 0 Å². The largest absolute Gasteiger partial charge is 0.312 e. The van der Waals surface area contributed by atoms with Crippen LogP contribution in [-0.2, 0) is 6.54 Å². The van der Waals surface area contributed by atoms with Crippen LogP contribution < -0.4 is 5.32 Å². The molecule has 2 atom stereocenters. The quantitative estimate of drug-likeness (QED) is 0.821. The summed E-state index contributed by atoms with van der Waals surface area (Å²) in [5, 5.41) is 14.0. The standard InChI is InChI=1S/C11H14N2S/c1-8-2-10(8)5-13-6-11-3-9(4-12)7-14-11/h3,7-8,10,13H,2,5-6H2,1H3. The number of hydrogen-bond donors (Lipinski definition) is 1. The molecule has 0 amide bonds. The highest BCUT2D eigenvalue weighted by molar-refractivity contribution is 7.10. The molecule has 74 valence electrons. The SMILES string of the molecule is CC1CC1CNCc1cc(C#N)cs1. The van der Waals surface area contributed by atoms with E-state index in [0.717, 1.165) is 30.5 Å². The van der Waals surface area contributed by atoms with Crippen LogP contribution in [0.1, 0.15) is 23.8 Å². The zero-order chi connectivity index (χ0) is 9.97. The van der Waals surface area contributed by atoms with Crippen LogP contribution in [0.3, 0.4) is 0 Å². The molecule has 1 heterocycles. The number of nitrogens with one attached hydrogen (secondary N) is 1. The zero-order valence-corrected chi connectivity index (χ0v) is 9.10. The lowest BCUT2D eigenvalue weighted by molar-refractivity contribution is 0.616. The molecule has 1 fully saturated rings. The fourth-order valence-corrected chi connectivity index (χ4v) is 2.38. The number of nitriles is 1. The van der Waals surface area contributed by atoms with E-state index in [2.05, 4.69) is 18.3 Å². The third-order valence-corrected chi connectivity index (χ3v) is 3.70. The number of rotatable bonds is 4. The average Bonchev–Trinajstić information content (AvgIpc) is 2.71. The van der Waals surface area contributed by atoms with Gasteiger partial charge in [0.2, 0.25) is 0 Å². The van der Waals surface area contributed by atoms with Crippen LogP contribution in [-0.4, -0.2) is 6.54 Å². The van der Waals surface area contributed by atoms with E-state index in [4.69, 9.17) is 5.26 Å². The van der Waals surface area contributed by atoms with Crippen molar-refractivity contribution in [2.24, 2.45) is 11.8 Å². The molecular formula is C11H14N2S. The van der Waals surface area contributed by atoms with Crippen LogP contribution in [0.2, 0.25) is 0 Å². The lowest BCUT2D eigenvalue weighted by Gasteiger charge is -2.00. The van der Waals surface area contributed by atoms with Gasteiger partial charge in [0.05, 0.1) is 5.56 Å². The van der Waals surface area contributed by atoms with Crippen LogP contribution in [0.25, 0.3) is 0 Å². The van der Waals surface area contributed by atoms with E-state index in [0.29, 0.717) is 0 Å². The molecule has 1 aliphatic rings. The van der Waals surface area contributed by atoms with E-state index in [1.807, 2.05) is 11.4 Å². The Balaban J connectivity index is 1.72. The Labute approximate surface area is 88.6 Å². The molecule has 1 aliphatic carbocycles. The lowest BCUT2D eigenvalue weighted by Crippen LogP contribution is -2.15. The maximum atomic E-state index is 8.65. The number of hydrogen-bond acceptors (Lipinski definition) is 3. The van der Waals surface area contributed by atoms with Crippen molar-refractivity contribution in [3.63, 3.8) is 0 Å². The maximum absolute atomic E-state index is 8.65. The predicted octanol–water partition coefficient (Wildman–Crippen LogP) is 2.37. The first-order valence-electron chi connectivity index (χ1n) is 4.98. The summed E-state index contributed by atoms with van der Waals surface area (Å²) < 4.78 is 0. The van der Waals surface area contributed by atoms with Crippen LogP contribution in [0, 0.1) is 23.2 Å². The fourth-order valence-electron chi connectivity index (χ4n) is 1.60. The van der Waals surface area contributed by atoms with Crippen molar-refractivity contribution >= 4 is 11.3 Å². The molecule has 1 aromatic heterocycles. The first-order chi connectivity index (χ1) is 6.79. The molecule has 0 saturated heterocycles. The minimum absolute atomic E-state index is 0.784. The average molecular weight is 206 g/mol. The van der Waals surface area contributed by atoms with Gasteiger partial charge in [-0.3, -0.25) is 0 Å². The Morgan fingerprint density at radius 1 is 1.71 bits per heavy atom. The van der Waals surface area contributed by atoms with Gasteiger partial charge < -0.3 is 5.32 Å². The Bertz CT molecular complexity index is 350. The third-order valence-electron chi connectivity index (χ3n) is 2.76. The summed E-state index contributed by atoms with van der Waals surface area (Å²) in [5.74, 6) is 1.81. The van der Waals surface area contributed by atoms with E-state index in [1.165, 1.54) is 11.3 Å². The fraction of sp³-hybridized carbons (Fsp3) is 0.545. The molecule has 2 rings (SSSR count). The first-order valence-corrected chi connectivity index (χ1v) is 5.86. The molecule has 1 saturated carbocycles. The first kappa shape index (κ1) is 9.70. The molecule has 2 unspecified atom stereocenters. The maximum Gasteiger partial charge on any atom is 0.100 e. The summed E-state index contributed by atoms with van der Waals surface area (Å²) in [6.07, 6.45) is 1.38. The molecule has 0 radical (unpaired) electrons. The second-order valence-electron chi connectivity index (χ2n) is 4.02. The Kier molecular flexibility index (Phi) is 2.85. The minimum atomic E-state index is 0.784. The van der Waals surface area contributed by atoms with Gasteiger partial charge in [-0.2, -0.15) is 5.26 Å². The minimum Gasteiger partial charge on any atom is -0.312 e. The molecule has 0 bridgehead atoms. The molecule has 0 aromatic carbocycles. The van der Waals surface area contributed by atoms with Gasteiger partial charge in [-0.15, -0.1) is 11.3 Å². The van der Waals surface area contributed by atoms with Crippen LogP contribution in [0.15, 0.2) is 11.4 Å². The summed E-state index contributed by atoms with van der Waals surface area (Å²) in [4.78, 5) is 1.26. The number of nitrogens with zero attached hydrogens (tertiary/aromatic N) is 1. The van der Waals surface area contributed by atoms with Crippen molar-refractivity contribution in [1.82, 2.24) is 5.32 Å². The van der Waals surface area contributed by atoms with Crippen LogP contribution in [0.4, 0.5) is 0 Å². The second-order valence-corrected chi connectivity index (χ2v) is 5.01. The Morgan fingerprint density at radius 3 is 3.07 bits per heavy atom. The van der Waals surface area contributed by atoms with Gasteiger partial charge in [-0.1, -0.05) is 6.92 Å². The summed E-state index contributed by atoms with van der Waals surface area (Å²) >= 11 is 1.66. The van der Waals surface area contributed by atoms with Gasteiger partial charge in [-0.05, 0) is 30.9 Å². The van der Waals surface area contributed by atoms with Crippen molar-refractivity contribution in [2.45, 2.75) is 19.9 Å². The Morgan fingerprint density at radius 2 is 2.50 bits per heavy atom. The second kappa shape index (κ2) is 4.12. The van der Waals surface area contributed by atoms with Gasteiger partial charge in [0.1, 0.15) is 6.07 Å². The smallest absolute Gasteiger partial charge is 0.100 e. The van der Waals surface area contributed by atoms with Crippen LogP contribution >= 0.6 is 11.3 Å². The van der Waals surface area contributed by atoms with Crippen LogP contribution in [0.5, 0.6) is 0 Å². The van der Waals surface area contributed by atoms with Crippen molar-refractivity contribution in [3.05, 3.63) is 21.9 Å². The molecule has 0 spiro atoms. The zero-order valence-electron chi connectivity index (χ0n) is 8.29. The Hall–Kier alpha value is -0.850. The molecule has 14 heavy (non-hydrogen) atoms. The van der Waals surface area contributed by atoms with Crippen molar-refractivity contribution in [2.75, 3.05) is 6.54 Å². The highest BCUT2D eigenvalue weighted by Gasteiger charge is 2.31. The monoisotopic (exact) mass is 206 g/mol. The van der Waals surface area contributed by atoms with E-state index in [1.54, 1.807) is 11.3 Å². The van der Waals surface area contributed by atoms with E-state index in [9.17, 15) is 0 Å². The van der Waals surface area contributed by atoms with E-state index >= 15 is 0 Å². The van der Waals surface area contributed by atoms with Gasteiger partial charge in [0, 0.05) is 16.8 Å². The summed E-state index contributed by atoms with van der Waals surface area (Å²) in [7, 11) is 0. The number of thiophene rings is 1. The van der Waals surface area contributed by atoms with Gasteiger partial charge in [-0.25, -0.2) is 0 Å². The summed E-state index contributed by atoms with van der Waals surface area (Å²) in [6.45, 7) is 4.34. The van der Waals surface area contributed by atoms with Gasteiger partial charge in [0.25, 0.3) is 0 Å². The topological polar surface area (TPSA) is 35.8 Å². The van der Waals surface area contributed by atoms with E-state index in [-0.39, 0.29) is 0 Å². The lowest BCUT2D eigenvalue weighted by atomic mass is 10.3.